The normalized spacial score (nSPS) is 16.1. The Bertz CT molecular complexity index is 941. The number of hydrogen-bond donors (Lipinski definition) is 2. The van der Waals surface area contributed by atoms with E-state index in [1.807, 2.05) is 32.0 Å². The van der Waals surface area contributed by atoms with Crippen molar-refractivity contribution in [2.45, 2.75) is 26.9 Å². The number of aryl methyl sites for hydroxylation is 1. The van der Waals surface area contributed by atoms with Gasteiger partial charge in [0.2, 0.25) is 5.95 Å². The number of hydrazone groups is 1. The van der Waals surface area contributed by atoms with Gasteiger partial charge in [-0.05, 0) is 19.4 Å². The van der Waals surface area contributed by atoms with Crippen LogP contribution in [0, 0.1) is 6.92 Å². The molecule has 1 fully saturated rings. The lowest BCUT2D eigenvalue weighted by Gasteiger charge is -2.29. The zero-order chi connectivity index (χ0) is 20.9. The van der Waals surface area contributed by atoms with Gasteiger partial charge in [0.15, 0.2) is 0 Å². The van der Waals surface area contributed by atoms with E-state index < -0.39 is 0 Å². The van der Waals surface area contributed by atoms with E-state index in [2.05, 4.69) is 31.8 Å². The number of benzene rings is 1. The number of fused-ring (bicyclic) bond motifs is 1. The smallest absolute Gasteiger partial charge is 0.318 e. The topological polar surface area (TPSA) is 95.0 Å². The number of carbonyl (C=O) groups excluding carboxylic acids is 1. The Labute approximate surface area is 176 Å². The highest BCUT2D eigenvalue weighted by Crippen LogP contribution is 2.31. The molecule has 0 saturated carbocycles. The summed E-state index contributed by atoms with van der Waals surface area (Å²) in [7, 11) is 0. The molecular formula is C21H27N7O2. The highest BCUT2D eigenvalue weighted by atomic mass is 16.5. The molecule has 0 radical (unpaired) electrons. The van der Waals surface area contributed by atoms with Gasteiger partial charge in [-0.3, -0.25) is 0 Å². The number of hydrogen-bond acceptors (Lipinski definition) is 7. The van der Waals surface area contributed by atoms with Crippen molar-refractivity contribution in [1.82, 2.24) is 20.2 Å². The molecule has 4 rings (SSSR count). The minimum absolute atomic E-state index is 0.0876. The molecule has 2 aromatic rings. The third-order valence-electron chi connectivity index (χ3n) is 5.11. The van der Waals surface area contributed by atoms with Crippen molar-refractivity contribution in [3.8, 4) is 0 Å². The van der Waals surface area contributed by atoms with Crippen LogP contribution < -0.4 is 15.6 Å². The molecule has 1 aromatic heterocycles. The first-order valence-corrected chi connectivity index (χ1v) is 10.2. The lowest BCUT2D eigenvalue weighted by atomic mass is 10.2. The molecule has 3 heterocycles. The highest BCUT2D eigenvalue weighted by molar-refractivity contribution is 5.80. The van der Waals surface area contributed by atoms with Gasteiger partial charge in [-0.25, -0.2) is 15.2 Å². The third-order valence-corrected chi connectivity index (χ3v) is 5.11. The maximum Gasteiger partial charge on any atom is 0.318 e. The molecule has 2 amide bonds. The Balaban J connectivity index is 1.58. The number of nitrogens with one attached hydrogen (secondary N) is 2. The summed E-state index contributed by atoms with van der Waals surface area (Å²) in [5.41, 5.74) is 6.98. The van der Waals surface area contributed by atoms with Gasteiger partial charge >= 0.3 is 6.03 Å². The van der Waals surface area contributed by atoms with E-state index in [1.54, 1.807) is 11.1 Å². The van der Waals surface area contributed by atoms with Crippen LogP contribution >= 0.6 is 0 Å². The molecule has 0 bridgehead atoms. The zero-order valence-electron chi connectivity index (χ0n) is 17.4. The van der Waals surface area contributed by atoms with Crippen molar-refractivity contribution in [3.05, 3.63) is 46.6 Å². The van der Waals surface area contributed by atoms with Gasteiger partial charge in [-0.15, -0.1) is 0 Å². The van der Waals surface area contributed by atoms with Crippen LogP contribution in [0.4, 0.5) is 16.6 Å². The van der Waals surface area contributed by atoms with Crippen LogP contribution in [-0.4, -0.2) is 60.0 Å². The SMILES string of the molecule is CCNC(=O)N1Cc2nc(N/N=C/c3cccc(C)c3)nc(N3CCOCC3)c2C1. The molecule has 9 nitrogen and oxygen atoms in total. The van der Waals surface area contributed by atoms with Gasteiger partial charge < -0.3 is 19.9 Å². The number of morpholine rings is 1. The number of carbonyl (C=O) groups is 1. The lowest BCUT2D eigenvalue weighted by molar-refractivity contribution is 0.122. The molecule has 2 aliphatic heterocycles. The molecule has 158 valence electrons. The quantitative estimate of drug-likeness (QED) is 0.580. The van der Waals surface area contributed by atoms with Crippen LogP contribution in [0.15, 0.2) is 29.4 Å². The molecule has 0 atom stereocenters. The largest absolute Gasteiger partial charge is 0.378 e. The van der Waals surface area contributed by atoms with Gasteiger partial charge in [-0.1, -0.05) is 29.8 Å². The molecule has 0 spiro atoms. The summed E-state index contributed by atoms with van der Waals surface area (Å²) in [6.07, 6.45) is 1.75. The summed E-state index contributed by atoms with van der Waals surface area (Å²) in [6.45, 7) is 8.34. The predicted molar refractivity (Wildman–Crippen MR) is 116 cm³/mol. The Kier molecular flexibility index (Phi) is 6.08. The summed E-state index contributed by atoms with van der Waals surface area (Å²) in [4.78, 5) is 25.7. The van der Waals surface area contributed by atoms with Crippen LogP contribution in [0.1, 0.15) is 29.3 Å². The van der Waals surface area contributed by atoms with E-state index in [-0.39, 0.29) is 6.03 Å². The minimum Gasteiger partial charge on any atom is -0.378 e. The number of aromatic nitrogens is 2. The molecular weight excluding hydrogens is 382 g/mol. The van der Waals surface area contributed by atoms with E-state index in [1.165, 1.54) is 5.56 Å². The average molecular weight is 409 g/mol. The number of ether oxygens (including phenoxy) is 1. The van der Waals surface area contributed by atoms with Gasteiger partial charge in [0.1, 0.15) is 5.82 Å². The van der Waals surface area contributed by atoms with Gasteiger partial charge in [0.25, 0.3) is 0 Å². The number of urea groups is 1. The average Bonchev–Trinajstić information content (AvgIpc) is 3.18. The van der Waals surface area contributed by atoms with E-state index in [4.69, 9.17) is 9.72 Å². The van der Waals surface area contributed by atoms with E-state index in [9.17, 15) is 4.79 Å². The monoisotopic (exact) mass is 409 g/mol. The fourth-order valence-corrected chi connectivity index (χ4v) is 3.65. The lowest BCUT2D eigenvalue weighted by Crippen LogP contribution is -2.38. The van der Waals surface area contributed by atoms with Crippen LogP contribution in [0.2, 0.25) is 0 Å². The van der Waals surface area contributed by atoms with Crippen molar-refractivity contribution in [2.24, 2.45) is 5.10 Å². The molecule has 0 unspecified atom stereocenters. The maximum atomic E-state index is 12.3. The molecule has 2 N–H and O–H groups in total. The number of amides is 2. The summed E-state index contributed by atoms with van der Waals surface area (Å²) >= 11 is 0. The van der Waals surface area contributed by atoms with Crippen LogP contribution in [0.25, 0.3) is 0 Å². The standard InChI is InChI=1S/C21H27N7O2/c1-3-22-21(29)28-13-17-18(14-28)24-20(25-19(17)27-7-9-30-10-8-27)26-23-12-16-6-4-5-15(2)11-16/h4-6,11-12H,3,7-10,13-14H2,1-2H3,(H,22,29)(H,24,25,26)/b23-12+. The molecule has 2 aliphatic rings. The summed E-state index contributed by atoms with van der Waals surface area (Å²) < 4.78 is 5.49. The van der Waals surface area contributed by atoms with E-state index in [0.29, 0.717) is 38.8 Å². The second kappa shape index (κ2) is 9.08. The molecule has 9 heteroatoms. The second-order valence-corrected chi connectivity index (χ2v) is 7.37. The first-order valence-electron chi connectivity index (χ1n) is 10.2. The summed E-state index contributed by atoms with van der Waals surface area (Å²) in [5, 5.41) is 7.17. The Hall–Kier alpha value is -3.20. The molecule has 30 heavy (non-hydrogen) atoms. The first-order chi connectivity index (χ1) is 14.6. The molecule has 0 aliphatic carbocycles. The van der Waals surface area contributed by atoms with Crippen molar-refractivity contribution in [3.63, 3.8) is 0 Å². The Morgan fingerprint density at radius 1 is 1.27 bits per heavy atom. The molecule has 1 saturated heterocycles. The Morgan fingerprint density at radius 2 is 2.10 bits per heavy atom. The number of anilines is 2. The maximum absolute atomic E-state index is 12.3. The van der Waals surface area contributed by atoms with E-state index >= 15 is 0 Å². The predicted octanol–water partition coefficient (Wildman–Crippen LogP) is 2.11. The van der Waals surface area contributed by atoms with Gasteiger partial charge in [0.05, 0.1) is 38.2 Å². The second-order valence-electron chi connectivity index (χ2n) is 7.37. The van der Waals surface area contributed by atoms with E-state index in [0.717, 1.165) is 35.7 Å². The van der Waals surface area contributed by atoms with Crippen molar-refractivity contribution < 1.29 is 9.53 Å². The minimum atomic E-state index is -0.0876. The summed E-state index contributed by atoms with van der Waals surface area (Å²) in [6, 6.07) is 8.00. The Morgan fingerprint density at radius 3 is 2.87 bits per heavy atom. The zero-order valence-corrected chi connectivity index (χ0v) is 17.4. The fraction of sp³-hybridized carbons (Fsp3) is 0.429. The number of nitrogens with zero attached hydrogens (tertiary/aromatic N) is 5. The van der Waals surface area contributed by atoms with Crippen molar-refractivity contribution in [2.75, 3.05) is 43.2 Å². The van der Waals surface area contributed by atoms with Crippen LogP contribution in [0.3, 0.4) is 0 Å². The fourth-order valence-electron chi connectivity index (χ4n) is 3.65. The van der Waals surface area contributed by atoms with Crippen molar-refractivity contribution >= 4 is 24.0 Å². The van der Waals surface area contributed by atoms with Gasteiger partial charge in [0, 0.05) is 25.2 Å². The van der Waals surface area contributed by atoms with Crippen LogP contribution in [0.5, 0.6) is 0 Å². The summed E-state index contributed by atoms with van der Waals surface area (Å²) in [5.74, 6) is 1.28. The number of rotatable bonds is 5. The first kappa shape index (κ1) is 20.1. The molecule has 1 aromatic carbocycles. The third kappa shape index (κ3) is 4.51. The van der Waals surface area contributed by atoms with Crippen molar-refractivity contribution in [1.29, 1.82) is 0 Å². The van der Waals surface area contributed by atoms with Crippen LogP contribution in [-0.2, 0) is 17.8 Å². The highest BCUT2D eigenvalue weighted by Gasteiger charge is 2.30. The van der Waals surface area contributed by atoms with Gasteiger partial charge in [-0.2, -0.15) is 10.1 Å².